The lowest BCUT2D eigenvalue weighted by Gasteiger charge is -2.12. The molecule has 0 aliphatic carbocycles. The first-order valence-corrected chi connectivity index (χ1v) is 13.1. The van der Waals surface area contributed by atoms with Gasteiger partial charge in [-0.3, -0.25) is 4.57 Å². The fourth-order valence-corrected chi connectivity index (χ4v) is 5.35. The summed E-state index contributed by atoms with van der Waals surface area (Å²) in [5, 5.41) is 11.9. The van der Waals surface area contributed by atoms with E-state index in [4.69, 9.17) is 21.5 Å². The van der Waals surface area contributed by atoms with Crippen LogP contribution in [-0.4, -0.2) is 19.5 Å². The van der Waals surface area contributed by atoms with Crippen molar-refractivity contribution in [3.63, 3.8) is 0 Å². The van der Waals surface area contributed by atoms with Crippen molar-refractivity contribution < 1.29 is 0 Å². The fraction of sp³-hybridized carbons (Fsp3) is 0. The third-order valence-corrected chi connectivity index (χ3v) is 7.14. The lowest BCUT2D eigenvalue weighted by Crippen LogP contribution is -2.06. The van der Waals surface area contributed by atoms with Crippen LogP contribution in [0.25, 0.3) is 66.5 Å². The smallest absolute Gasteiger partial charge is 0.238 e. The molecule has 190 valence electrons. The molecule has 7 aromatic rings. The van der Waals surface area contributed by atoms with Gasteiger partial charge in [0.1, 0.15) is 0 Å². The van der Waals surface area contributed by atoms with E-state index < -0.39 is 0 Å². The quantitative estimate of drug-likeness (QED) is 0.217. The van der Waals surface area contributed by atoms with Crippen LogP contribution < -0.4 is 0 Å². The number of rotatable bonds is 4. The number of nitrogens with zero attached hydrogens (tertiary/aromatic N) is 6. The van der Waals surface area contributed by atoms with E-state index >= 15 is 0 Å². The van der Waals surface area contributed by atoms with Gasteiger partial charge in [-0.1, -0.05) is 103 Å². The zero-order valence-electron chi connectivity index (χ0n) is 21.7. The monoisotopic (exact) mass is 524 g/mol. The predicted molar refractivity (Wildman–Crippen MR) is 161 cm³/mol. The molecule has 7 rings (SSSR count). The van der Waals surface area contributed by atoms with Crippen LogP contribution in [0.15, 0.2) is 121 Å². The molecule has 0 aliphatic rings. The Morgan fingerprint density at radius 3 is 1.90 bits per heavy atom. The number of hydrogen-bond acceptors (Lipinski definition) is 4. The number of para-hydroxylation sites is 1. The summed E-state index contributed by atoms with van der Waals surface area (Å²) in [4.78, 5) is 18.6. The summed E-state index contributed by atoms with van der Waals surface area (Å²) in [6, 6.07) is 41.3. The zero-order valence-corrected chi connectivity index (χ0v) is 21.7. The Morgan fingerprint density at radius 2 is 1.24 bits per heavy atom. The summed E-state index contributed by atoms with van der Waals surface area (Å²) in [5.41, 5.74) is 5.91. The van der Waals surface area contributed by atoms with Crippen LogP contribution in [0.1, 0.15) is 5.56 Å². The maximum Gasteiger partial charge on any atom is 0.238 e. The normalized spacial score (nSPS) is 10.9. The Labute approximate surface area is 236 Å². The van der Waals surface area contributed by atoms with Crippen LogP contribution in [0.4, 0.5) is 5.69 Å². The Hall–Kier alpha value is -6.11. The van der Waals surface area contributed by atoms with Crippen LogP contribution in [0.2, 0.25) is 0 Å². The van der Waals surface area contributed by atoms with Crippen molar-refractivity contribution in [1.82, 2.24) is 19.5 Å². The van der Waals surface area contributed by atoms with Crippen molar-refractivity contribution in [3.8, 4) is 45.9 Å². The van der Waals surface area contributed by atoms with Gasteiger partial charge in [-0.25, -0.2) is 9.83 Å². The molecule has 0 fully saturated rings. The van der Waals surface area contributed by atoms with Crippen molar-refractivity contribution in [1.29, 1.82) is 5.26 Å². The van der Waals surface area contributed by atoms with Gasteiger partial charge < -0.3 is 0 Å². The van der Waals surface area contributed by atoms with E-state index in [0.29, 0.717) is 34.4 Å². The molecule has 0 aliphatic heterocycles. The van der Waals surface area contributed by atoms with E-state index in [0.717, 1.165) is 38.5 Å². The third kappa shape index (κ3) is 3.99. The minimum atomic E-state index is 0.436. The van der Waals surface area contributed by atoms with Crippen LogP contribution in [0.5, 0.6) is 0 Å². The predicted octanol–water partition coefficient (Wildman–Crippen LogP) is 8.39. The standard InChI is InChI=1S/C35H20N6/c1-37-28-19-10-16-25(22-36)31(28)27-18-11-21-30-32(27)26-17-8-9-20-29(26)41(30)35-39-33(23-12-4-2-5-13-23)38-34(40-35)24-14-6-3-7-15-24/h2-21H. The summed E-state index contributed by atoms with van der Waals surface area (Å²) in [6.07, 6.45) is 0. The molecular weight excluding hydrogens is 504 g/mol. The molecule has 0 amide bonds. The highest BCUT2D eigenvalue weighted by atomic mass is 15.2. The molecule has 2 aromatic heterocycles. The summed E-state index contributed by atoms with van der Waals surface area (Å²) < 4.78 is 2.04. The number of hydrogen-bond donors (Lipinski definition) is 0. The summed E-state index contributed by atoms with van der Waals surface area (Å²) >= 11 is 0. The maximum absolute atomic E-state index is 9.96. The number of benzene rings is 5. The average Bonchev–Trinajstić information content (AvgIpc) is 3.39. The second-order valence-corrected chi connectivity index (χ2v) is 9.49. The van der Waals surface area contributed by atoms with Crippen LogP contribution >= 0.6 is 0 Å². The number of nitriles is 1. The first-order valence-electron chi connectivity index (χ1n) is 13.1. The molecule has 2 heterocycles. The molecular formula is C35H20N6. The van der Waals surface area contributed by atoms with Gasteiger partial charge in [-0.2, -0.15) is 15.2 Å². The van der Waals surface area contributed by atoms with Crippen molar-refractivity contribution >= 4 is 27.5 Å². The second-order valence-electron chi connectivity index (χ2n) is 9.49. The first kappa shape index (κ1) is 24.0. The SMILES string of the molecule is [C-]#[N+]c1cccc(C#N)c1-c1cccc2c1c1ccccc1n2-c1nc(-c2ccccc2)nc(-c2ccccc2)n1. The maximum atomic E-state index is 9.96. The van der Waals surface area contributed by atoms with Gasteiger partial charge in [0.25, 0.3) is 0 Å². The van der Waals surface area contributed by atoms with E-state index in [-0.39, 0.29) is 0 Å². The Kier molecular flexibility index (Phi) is 5.78. The lowest BCUT2D eigenvalue weighted by atomic mass is 9.94. The number of fused-ring (bicyclic) bond motifs is 3. The zero-order chi connectivity index (χ0) is 27.8. The van der Waals surface area contributed by atoms with Gasteiger partial charge in [-0.05, 0) is 23.8 Å². The Balaban J connectivity index is 1.59. The molecule has 41 heavy (non-hydrogen) atoms. The highest BCUT2D eigenvalue weighted by Crippen LogP contribution is 2.42. The number of aromatic nitrogens is 4. The highest BCUT2D eigenvalue weighted by Gasteiger charge is 2.21. The summed E-state index contributed by atoms with van der Waals surface area (Å²) in [6.45, 7) is 7.81. The van der Waals surface area contributed by atoms with Gasteiger partial charge in [0.2, 0.25) is 5.95 Å². The van der Waals surface area contributed by atoms with Gasteiger partial charge in [0.05, 0.1) is 23.7 Å². The van der Waals surface area contributed by atoms with E-state index in [1.165, 1.54) is 0 Å². The van der Waals surface area contributed by atoms with Crippen LogP contribution in [0.3, 0.4) is 0 Å². The van der Waals surface area contributed by atoms with Crippen molar-refractivity contribution in [3.05, 3.63) is 138 Å². The molecule has 0 atom stereocenters. The molecule has 0 bridgehead atoms. The molecule has 0 unspecified atom stereocenters. The fourth-order valence-electron chi connectivity index (χ4n) is 5.35. The van der Waals surface area contributed by atoms with Gasteiger partial charge in [-0.15, -0.1) is 0 Å². The molecule has 0 N–H and O–H groups in total. The van der Waals surface area contributed by atoms with Gasteiger partial charge >= 0.3 is 0 Å². The Bertz CT molecular complexity index is 2080. The van der Waals surface area contributed by atoms with Gasteiger partial charge in [0.15, 0.2) is 17.3 Å². The second kappa shape index (κ2) is 9.89. The highest BCUT2D eigenvalue weighted by molar-refractivity contribution is 6.17. The topological polar surface area (TPSA) is 71.8 Å². The average molecular weight is 525 g/mol. The third-order valence-electron chi connectivity index (χ3n) is 7.14. The largest absolute Gasteiger partial charge is 0.278 e. The lowest BCUT2D eigenvalue weighted by molar-refractivity contribution is 0.953. The minimum Gasteiger partial charge on any atom is -0.278 e. The Morgan fingerprint density at radius 1 is 0.634 bits per heavy atom. The van der Waals surface area contributed by atoms with E-state index in [9.17, 15) is 5.26 Å². The molecule has 0 spiro atoms. The minimum absolute atomic E-state index is 0.436. The van der Waals surface area contributed by atoms with Crippen LogP contribution in [-0.2, 0) is 0 Å². The molecule has 0 saturated heterocycles. The summed E-state index contributed by atoms with van der Waals surface area (Å²) in [5.74, 6) is 1.63. The molecule has 6 heteroatoms. The molecule has 6 nitrogen and oxygen atoms in total. The van der Waals surface area contributed by atoms with Gasteiger partial charge in [0, 0.05) is 33.0 Å². The van der Waals surface area contributed by atoms with E-state index in [1.54, 1.807) is 18.2 Å². The summed E-state index contributed by atoms with van der Waals surface area (Å²) in [7, 11) is 0. The van der Waals surface area contributed by atoms with Crippen LogP contribution in [0, 0.1) is 17.9 Å². The first-order chi connectivity index (χ1) is 20.3. The molecule has 0 radical (unpaired) electrons. The van der Waals surface area contributed by atoms with E-state index in [2.05, 4.69) is 17.0 Å². The molecule has 5 aromatic carbocycles. The molecule has 0 saturated carbocycles. The van der Waals surface area contributed by atoms with Crippen molar-refractivity contribution in [2.75, 3.05) is 0 Å². The van der Waals surface area contributed by atoms with Crippen molar-refractivity contribution in [2.24, 2.45) is 0 Å². The van der Waals surface area contributed by atoms with E-state index in [1.807, 2.05) is 102 Å². The van der Waals surface area contributed by atoms with Crippen molar-refractivity contribution in [2.45, 2.75) is 0 Å².